The SMILES string of the molecule is COC(=O)c1ccc2cc(-c3ccc(OC)c(C45CC6CC(CC(C6)C4)C5)c3)sc2c1. The summed E-state index contributed by atoms with van der Waals surface area (Å²) in [4.78, 5) is 13.2. The molecule has 3 nitrogen and oxygen atoms in total. The van der Waals surface area contributed by atoms with E-state index in [2.05, 4.69) is 24.3 Å². The van der Waals surface area contributed by atoms with Crippen molar-refractivity contribution in [1.29, 1.82) is 0 Å². The first-order valence-electron chi connectivity index (χ1n) is 11.4. The molecule has 1 heterocycles. The van der Waals surface area contributed by atoms with E-state index >= 15 is 0 Å². The molecule has 0 N–H and O–H groups in total. The first-order valence-corrected chi connectivity index (χ1v) is 12.2. The Morgan fingerprint density at radius 1 is 0.935 bits per heavy atom. The summed E-state index contributed by atoms with van der Waals surface area (Å²) in [6.07, 6.45) is 8.31. The van der Waals surface area contributed by atoms with E-state index in [1.165, 1.54) is 67.0 Å². The lowest BCUT2D eigenvalue weighted by Gasteiger charge is -2.57. The molecule has 0 aliphatic heterocycles. The number of esters is 1. The fraction of sp³-hybridized carbons (Fsp3) is 0.444. The van der Waals surface area contributed by atoms with E-state index in [4.69, 9.17) is 9.47 Å². The molecular weight excluding hydrogens is 404 g/mol. The van der Waals surface area contributed by atoms with E-state index in [-0.39, 0.29) is 5.97 Å². The second kappa shape index (κ2) is 7.09. The molecule has 160 valence electrons. The van der Waals surface area contributed by atoms with Crippen LogP contribution in [-0.4, -0.2) is 20.2 Å². The Kier molecular flexibility index (Phi) is 4.43. The second-order valence-electron chi connectivity index (χ2n) is 9.97. The zero-order chi connectivity index (χ0) is 21.2. The lowest BCUT2D eigenvalue weighted by Crippen LogP contribution is -2.48. The Hall–Kier alpha value is -2.33. The van der Waals surface area contributed by atoms with Crippen molar-refractivity contribution in [3.05, 3.63) is 53.6 Å². The van der Waals surface area contributed by atoms with Gasteiger partial charge >= 0.3 is 5.97 Å². The summed E-state index contributed by atoms with van der Waals surface area (Å²) in [7, 11) is 3.24. The second-order valence-corrected chi connectivity index (χ2v) is 11.1. The van der Waals surface area contributed by atoms with Gasteiger partial charge in [0, 0.05) is 15.1 Å². The number of hydrogen-bond donors (Lipinski definition) is 0. The minimum atomic E-state index is -0.287. The minimum absolute atomic E-state index is 0.287. The van der Waals surface area contributed by atoms with Crippen LogP contribution in [0.5, 0.6) is 5.75 Å². The van der Waals surface area contributed by atoms with Crippen LogP contribution in [0.2, 0.25) is 0 Å². The summed E-state index contributed by atoms with van der Waals surface area (Å²) in [5, 5.41) is 1.17. The molecule has 4 bridgehead atoms. The van der Waals surface area contributed by atoms with Gasteiger partial charge in [0.1, 0.15) is 5.75 Å². The van der Waals surface area contributed by atoms with Crippen LogP contribution in [0, 0.1) is 17.8 Å². The molecular formula is C27H28O3S. The maximum absolute atomic E-state index is 11.9. The molecule has 3 aromatic rings. The average Bonchev–Trinajstić information content (AvgIpc) is 3.20. The van der Waals surface area contributed by atoms with Crippen molar-refractivity contribution in [2.45, 2.75) is 43.9 Å². The summed E-state index contributed by atoms with van der Waals surface area (Å²) in [6.45, 7) is 0. The van der Waals surface area contributed by atoms with E-state index < -0.39 is 0 Å². The fourth-order valence-electron chi connectivity index (χ4n) is 7.13. The Bertz CT molecular complexity index is 1140. The number of benzene rings is 2. The van der Waals surface area contributed by atoms with Gasteiger partial charge in [-0.25, -0.2) is 4.79 Å². The first kappa shape index (κ1) is 19.4. The van der Waals surface area contributed by atoms with Crippen LogP contribution in [0.15, 0.2) is 42.5 Å². The van der Waals surface area contributed by atoms with Crippen molar-refractivity contribution in [2.75, 3.05) is 14.2 Å². The molecule has 0 amide bonds. The lowest BCUT2D eigenvalue weighted by atomic mass is 9.48. The number of rotatable bonds is 4. The zero-order valence-corrected chi connectivity index (χ0v) is 19.0. The molecule has 4 aliphatic carbocycles. The van der Waals surface area contributed by atoms with Crippen LogP contribution in [-0.2, 0) is 10.2 Å². The van der Waals surface area contributed by atoms with Crippen molar-refractivity contribution in [1.82, 2.24) is 0 Å². The minimum Gasteiger partial charge on any atom is -0.496 e. The third kappa shape index (κ3) is 3.10. The molecule has 2 aromatic carbocycles. The standard InChI is InChI=1S/C27H28O3S/c1-29-23-6-5-19(24-11-20-3-4-21(26(28)30-2)12-25(20)31-24)10-22(23)27-13-16-7-17(14-27)9-18(8-16)15-27/h3-6,10-12,16-18H,7-9,13-15H2,1-2H3. The van der Waals surface area contributed by atoms with Gasteiger partial charge in [0.05, 0.1) is 19.8 Å². The number of ether oxygens (including phenoxy) is 2. The van der Waals surface area contributed by atoms with Crippen LogP contribution in [0.1, 0.15) is 54.4 Å². The normalized spacial score (nSPS) is 28.8. The number of thiophene rings is 1. The van der Waals surface area contributed by atoms with Gasteiger partial charge in [-0.3, -0.25) is 0 Å². The number of fused-ring (bicyclic) bond motifs is 1. The van der Waals surface area contributed by atoms with Gasteiger partial charge in [0.15, 0.2) is 0 Å². The quantitative estimate of drug-likeness (QED) is 0.424. The van der Waals surface area contributed by atoms with Crippen molar-refractivity contribution in [3.8, 4) is 16.2 Å². The molecule has 1 aromatic heterocycles. The molecule has 31 heavy (non-hydrogen) atoms. The molecule has 4 heteroatoms. The monoisotopic (exact) mass is 432 g/mol. The van der Waals surface area contributed by atoms with Gasteiger partial charge < -0.3 is 9.47 Å². The maximum Gasteiger partial charge on any atom is 0.337 e. The predicted molar refractivity (Wildman–Crippen MR) is 125 cm³/mol. The third-order valence-electron chi connectivity index (χ3n) is 8.03. The van der Waals surface area contributed by atoms with Gasteiger partial charge in [0.2, 0.25) is 0 Å². The number of methoxy groups -OCH3 is 2. The van der Waals surface area contributed by atoms with Crippen molar-refractivity contribution < 1.29 is 14.3 Å². The Labute approximate surface area is 187 Å². The summed E-state index contributed by atoms with van der Waals surface area (Å²) in [6, 6.07) is 14.8. The third-order valence-corrected chi connectivity index (χ3v) is 9.18. The van der Waals surface area contributed by atoms with Gasteiger partial charge in [-0.15, -0.1) is 11.3 Å². The van der Waals surface area contributed by atoms with E-state index in [1.54, 1.807) is 11.3 Å². The highest BCUT2D eigenvalue weighted by Gasteiger charge is 2.52. The van der Waals surface area contributed by atoms with Gasteiger partial charge in [-0.05, 0) is 109 Å². The zero-order valence-electron chi connectivity index (χ0n) is 18.1. The topological polar surface area (TPSA) is 35.5 Å². The highest BCUT2D eigenvalue weighted by atomic mass is 32.1. The highest BCUT2D eigenvalue weighted by molar-refractivity contribution is 7.22. The Balaban J connectivity index is 1.42. The van der Waals surface area contributed by atoms with Crippen LogP contribution in [0.25, 0.3) is 20.5 Å². The van der Waals surface area contributed by atoms with Gasteiger partial charge in [0.25, 0.3) is 0 Å². The molecule has 4 saturated carbocycles. The molecule has 0 saturated heterocycles. The van der Waals surface area contributed by atoms with Crippen LogP contribution in [0.3, 0.4) is 0 Å². The maximum atomic E-state index is 11.9. The predicted octanol–water partition coefficient (Wildman–Crippen LogP) is 6.83. The van der Waals surface area contributed by atoms with Gasteiger partial charge in [-0.2, -0.15) is 0 Å². The summed E-state index contributed by atoms with van der Waals surface area (Å²) in [5.74, 6) is 3.48. The molecule has 0 atom stereocenters. The van der Waals surface area contributed by atoms with E-state index in [0.717, 1.165) is 28.2 Å². The number of carbonyl (C=O) groups is 1. The highest BCUT2D eigenvalue weighted by Crippen LogP contribution is 2.62. The summed E-state index contributed by atoms with van der Waals surface area (Å²) < 4.78 is 11.9. The van der Waals surface area contributed by atoms with Crippen LogP contribution in [0.4, 0.5) is 0 Å². The summed E-state index contributed by atoms with van der Waals surface area (Å²) >= 11 is 1.74. The van der Waals surface area contributed by atoms with Crippen molar-refractivity contribution in [3.63, 3.8) is 0 Å². The van der Waals surface area contributed by atoms with Crippen LogP contribution < -0.4 is 4.74 Å². The summed E-state index contributed by atoms with van der Waals surface area (Å²) in [5.41, 5.74) is 3.59. The van der Waals surface area contributed by atoms with Gasteiger partial charge in [-0.1, -0.05) is 6.07 Å². The first-order chi connectivity index (χ1) is 15.1. The molecule has 0 unspecified atom stereocenters. The van der Waals surface area contributed by atoms with E-state index in [0.29, 0.717) is 11.0 Å². The number of hydrogen-bond acceptors (Lipinski definition) is 4. The van der Waals surface area contributed by atoms with Crippen molar-refractivity contribution in [2.24, 2.45) is 17.8 Å². The van der Waals surface area contributed by atoms with Crippen molar-refractivity contribution >= 4 is 27.4 Å². The largest absolute Gasteiger partial charge is 0.496 e. The Morgan fingerprint density at radius 2 is 1.65 bits per heavy atom. The molecule has 0 spiro atoms. The molecule has 4 aliphatic rings. The molecule has 7 rings (SSSR count). The number of carbonyl (C=O) groups excluding carboxylic acids is 1. The van der Waals surface area contributed by atoms with Crippen LogP contribution >= 0.6 is 11.3 Å². The van der Waals surface area contributed by atoms with E-state index in [9.17, 15) is 4.79 Å². The van der Waals surface area contributed by atoms with E-state index in [1.807, 2.05) is 25.3 Å². The fourth-order valence-corrected chi connectivity index (χ4v) is 8.23. The average molecular weight is 433 g/mol. The lowest BCUT2D eigenvalue weighted by molar-refractivity contribution is -0.00613. The Morgan fingerprint density at radius 3 is 2.29 bits per heavy atom. The molecule has 0 radical (unpaired) electrons. The smallest absolute Gasteiger partial charge is 0.337 e. The molecule has 4 fully saturated rings.